The topological polar surface area (TPSA) is 3.24 Å². The molecule has 0 spiro atoms. The Morgan fingerprint density at radius 3 is 2.00 bits per heavy atom. The van der Waals surface area contributed by atoms with Gasteiger partial charge in [-0.25, -0.2) is 0 Å². The van der Waals surface area contributed by atoms with Crippen LogP contribution in [0.25, 0.3) is 53.6 Å². The molecule has 49 heavy (non-hydrogen) atoms. The maximum Gasteiger partial charge on any atom is 0.0467 e. The molecule has 7 aromatic carbocycles. The molecular weight excluding hydrogens is 611 g/mol. The van der Waals surface area contributed by atoms with E-state index in [-0.39, 0.29) is 5.41 Å². The highest BCUT2D eigenvalue weighted by Gasteiger charge is 2.36. The lowest BCUT2D eigenvalue weighted by molar-refractivity contribution is 0.659. The fraction of sp³-hybridized carbons (Fsp3) is 0.106. The van der Waals surface area contributed by atoms with Gasteiger partial charge in [0.1, 0.15) is 0 Å². The van der Waals surface area contributed by atoms with Crippen LogP contribution in [0.4, 0.5) is 17.1 Å². The SMILES string of the molecule is Cc1cc(C)c2c(c1)C(C)(C)c1ccc(-c3cccc(N(c4ccccc4)c4ccc(-c5cccc6c5sc5ccccc56)cc4)c3)cc1-2. The molecule has 236 valence electrons. The first-order valence-corrected chi connectivity index (χ1v) is 17.9. The van der Waals surface area contributed by atoms with E-state index >= 15 is 0 Å². The average Bonchev–Trinajstić information content (AvgIpc) is 3.61. The maximum absolute atomic E-state index is 2.42. The number of benzene rings is 7. The Balaban J connectivity index is 1.12. The fourth-order valence-corrected chi connectivity index (χ4v) is 9.29. The number of nitrogens with zero attached hydrogens (tertiary/aromatic N) is 1. The van der Waals surface area contributed by atoms with Gasteiger partial charge >= 0.3 is 0 Å². The second kappa shape index (κ2) is 11.3. The third-order valence-corrected chi connectivity index (χ3v) is 11.6. The summed E-state index contributed by atoms with van der Waals surface area (Å²) in [5, 5.41) is 2.66. The van der Waals surface area contributed by atoms with Crippen LogP contribution in [0.15, 0.2) is 152 Å². The lowest BCUT2D eigenvalue weighted by atomic mass is 9.81. The van der Waals surface area contributed by atoms with E-state index < -0.39 is 0 Å². The summed E-state index contributed by atoms with van der Waals surface area (Å²) in [5.41, 5.74) is 16.7. The number of rotatable bonds is 5. The predicted octanol–water partition coefficient (Wildman–Crippen LogP) is 13.8. The van der Waals surface area contributed by atoms with Crippen molar-refractivity contribution in [2.45, 2.75) is 33.1 Å². The first-order chi connectivity index (χ1) is 23.9. The number of anilines is 3. The third-order valence-electron chi connectivity index (χ3n) is 10.4. The summed E-state index contributed by atoms with van der Waals surface area (Å²) < 4.78 is 2.67. The van der Waals surface area contributed by atoms with E-state index in [2.05, 4.69) is 184 Å². The summed E-state index contributed by atoms with van der Waals surface area (Å²) in [6, 6.07) is 56.0. The molecule has 1 aromatic heterocycles. The molecule has 0 saturated heterocycles. The standard InChI is InChI=1S/C47H37NS/c1-30-26-31(2)45-41-29-34(22-25-42(41)47(3,4)43(45)27-30)33-12-10-15-37(28-33)48(35-13-6-5-7-14-35)36-23-20-32(21-24-36)38-17-11-18-40-39-16-8-9-19-44(39)49-46(38)40/h5-29H,1-4H3. The molecule has 0 N–H and O–H groups in total. The second-order valence-electron chi connectivity index (χ2n) is 13.9. The van der Waals surface area contributed by atoms with E-state index in [1.54, 1.807) is 0 Å². The van der Waals surface area contributed by atoms with Crippen LogP contribution >= 0.6 is 11.3 Å². The Morgan fingerprint density at radius 2 is 1.16 bits per heavy atom. The van der Waals surface area contributed by atoms with Crippen molar-refractivity contribution in [3.8, 4) is 33.4 Å². The lowest BCUT2D eigenvalue weighted by Crippen LogP contribution is -2.15. The van der Waals surface area contributed by atoms with E-state index in [9.17, 15) is 0 Å². The molecule has 0 atom stereocenters. The van der Waals surface area contributed by atoms with Crippen LogP contribution in [0.2, 0.25) is 0 Å². The Morgan fingerprint density at radius 1 is 0.490 bits per heavy atom. The second-order valence-corrected chi connectivity index (χ2v) is 15.0. The largest absolute Gasteiger partial charge is 0.310 e. The van der Waals surface area contributed by atoms with Gasteiger partial charge in [-0.2, -0.15) is 0 Å². The number of hydrogen-bond acceptors (Lipinski definition) is 2. The van der Waals surface area contributed by atoms with Crippen molar-refractivity contribution >= 4 is 48.6 Å². The lowest BCUT2D eigenvalue weighted by Gasteiger charge is -2.26. The number of thiophene rings is 1. The minimum atomic E-state index is -0.0133. The molecule has 0 aliphatic heterocycles. The highest BCUT2D eigenvalue weighted by Crippen LogP contribution is 2.51. The molecular formula is C47H37NS. The Labute approximate surface area is 292 Å². The van der Waals surface area contributed by atoms with Crippen molar-refractivity contribution in [2.24, 2.45) is 0 Å². The quantitative estimate of drug-likeness (QED) is 0.180. The molecule has 0 saturated carbocycles. The van der Waals surface area contributed by atoms with Crippen molar-refractivity contribution < 1.29 is 0 Å². The summed E-state index contributed by atoms with van der Waals surface area (Å²) in [6.07, 6.45) is 0. The minimum absolute atomic E-state index is 0.0133. The summed E-state index contributed by atoms with van der Waals surface area (Å²) in [7, 11) is 0. The van der Waals surface area contributed by atoms with Crippen LogP contribution in [0.1, 0.15) is 36.1 Å². The highest BCUT2D eigenvalue weighted by molar-refractivity contribution is 7.26. The highest BCUT2D eigenvalue weighted by atomic mass is 32.1. The molecule has 0 unspecified atom stereocenters. The van der Waals surface area contributed by atoms with Gasteiger partial charge in [0, 0.05) is 42.6 Å². The first kappa shape index (κ1) is 29.7. The van der Waals surface area contributed by atoms with E-state index in [1.165, 1.54) is 75.8 Å². The van der Waals surface area contributed by atoms with Gasteiger partial charge in [0.25, 0.3) is 0 Å². The van der Waals surface area contributed by atoms with Crippen LogP contribution in [0.5, 0.6) is 0 Å². The van der Waals surface area contributed by atoms with Crippen LogP contribution in [0.3, 0.4) is 0 Å². The smallest absolute Gasteiger partial charge is 0.0467 e. The number of fused-ring (bicyclic) bond motifs is 6. The zero-order chi connectivity index (χ0) is 33.3. The van der Waals surface area contributed by atoms with Crippen molar-refractivity contribution in [2.75, 3.05) is 4.90 Å². The molecule has 0 fully saturated rings. The van der Waals surface area contributed by atoms with Gasteiger partial charge in [0.15, 0.2) is 0 Å². The third kappa shape index (κ3) is 4.82. The normalized spacial score (nSPS) is 13.1. The van der Waals surface area contributed by atoms with Gasteiger partial charge in [0.05, 0.1) is 0 Å². The Kier molecular flexibility index (Phi) is 6.86. The van der Waals surface area contributed by atoms with Crippen molar-refractivity contribution in [1.29, 1.82) is 0 Å². The molecule has 0 radical (unpaired) electrons. The number of hydrogen-bond donors (Lipinski definition) is 0. The molecule has 8 aromatic rings. The summed E-state index contributed by atoms with van der Waals surface area (Å²) in [4.78, 5) is 2.37. The Hall–Kier alpha value is -5.44. The predicted molar refractivity (Wildman–Crippen MR) is 212 cm³/mol. The molecule has 1 aliphatic rings. The fourth-order valence-electron chi connectivity index (χ4n) is 8.05. The number of para-hydroxylation sites is 1. The molecule has 1 heterocycles. The summed E-state index contributed by atoms with van der Waals surface area (Å²) in [5.74, 6) is 0. The van der Waals surface area contributed by atoms with Crippen LogP contribution in [0, 0.1) is 13.8 Å². The van der Waals surface area contributed by atoms with Gasteiger partial charge in [-0.1, -0.05) is 123 Å². The van der Waals surface area contributed by atoms with Crippen LogP contribution in [-0.4, -0.2) is 0 Å². The van der Waals surface area contributed by atoms with Crippen molar-refractivity contribution in [3.05, 3.63) is 174 Å². The van der Waals surface area contributed by atoms with E-state index in [1.807, 2.05) is 11.3 Å². The molecule has 2 heteroatoms. The van der Waals surface area contributed by atoms with Crippen molar-refractivity contribution in [3.63, 3.8) is 0 Å². The minimum Gasteiger partial charge on any atom is -0.310 e. The number of aryl methyl sites for hydroxylation is 2. The van der Waals surface area contributed by atoms with E-state index in [4.69, 9.17) is 0 Å². The molecule has 0 bridgehead atoms. The van der Waals surface area contributed by atoms with Crippen molar-refractivity contribution in [1.82, 2.24) is 0 Å². The summed E-state index contributed by atoms with van der Waals surface area (Å²) in [6.45, 7) is 9.20. The van der Waals surface area contributed by atoms with Crippen LogP contribution < -0.4 is 4.90 Å². The van der Waals surface area contributed by atoms with E-state index in [0.717, 1.165) is 17.1 Å². The molecule has 9 rings (SSSR count). The van der Waals surface area contributed by atoms with Gasteiger partial charge in [-0.3, -0.25) is 0 Å². The van der Waals surface area contributed by atoms with E-state index in [0.29, 0.717) is 0 Å². The molecule has 0 amide bonds. The van der Waals surface area contributed by atoms with Gasteiger partial charge in [-0.05, 0) is 112 Å². The first-order valence-electron chi connectivity index (χ1n) is 17.1. The zero-order valence-electron chi connectivity index (χ0n) is 28.3. The average molecular weight is 648 g/mol. The Bertz CT molecular complexity index is 2540. The maximum atomic E-state index is 2.42. The van der Waals surface area contributed by atoms with Crippen LogP contribution in [-0.2, 0) is 5.41 Å². The zero-order valence-corrected chi connectivity index (χ0v) is 29.1. The molecule has 1 nitrogen and oxygen atoms in total. The summed E-state index contributed by atoms with van der Waals surface area (Å²) >= 11 is 1.88. The van der Waals surface area contributed by atoms with Gasteiger partial charge < -0.3 is 4.90 Å². The monoisotopic (exact) mass is 647 g/mol. The van der Waals surface area contributed by atoms with Gasteiger partial charge in [0.2, 0.25) is 0 Å². The van der Waals surface area contributed by atoms with Gasteiger partial charge in [-0.15, -0.1) is 11.3 Å². The molecule has 1 aliphatic carbocycles.